The monoisotopic (exact) mass is 256 g/mol. The Balaban J connectivity index is 2.83. The van der Waals surface area contributed by atoms with Gasteiger partial charge in [0, 0.05) is 11.6 Å². The maximum atomic E-state index is 13.8. The van der Waals surface area contributed by atoms with Crippen LogP contribution in [0.15, 0.2) is 18.2 Å². The van der Waals surface area contributed by atoms with Gasteiger partial charge in [-0.25, -0.2) is 8.78 Å². The van der Waals surface area contributed by atoms with E-state index >= 15 is 0 Å². The van der Waals surface area contributed by atoms with Crippen LogP contribution in [0.25, 0.3) is 0 Å². The fraction of sp³-hybridized carbons (Fsp3) is 0.571. The average Bonchev–Trinajstić information content (AvgIpc) is 2.33. The fourth-order valence-electron chi connectivity index (χ4n) is 1.86. The molecule has 1 unspecified atom stereocenters. The van der Waals surface area contributed by atoms with E-state index in [9.17, 15) is 8.78 Å². The molecule has 0 heterocycles. The van der Waals surface area contributed by atoms with Crippen LogP contribution >= 0.6 is 0 Å². The first-order chi connectivity index (χ1) is 8.56. The number of benzene rings is 1. The first-order valence-corrected chi connectivity index (χ1v) is 6.38. The van der Waals surface area contributed by atoms with Gasteiger partial charge in [0.05, 0.1) is 0 Å². The van der Waals surface area contributed by atoms with Crippen LogP contribution < -0.4 is 5.32 Å². The second-order valence-electron chi connectivity index (χ2n) is 4.74. The van der Waals surface area contributed by atoms with Gasteiger partial charge in [0.2, 0.25) is 0 Å². The van der Waals surface area contributed by atoms with E-state index in [2.05, 4.69) is 12.2 Å². The molecule has 18 heavy (non-hydrogen) atoms. The first-order valence-electron chi connectivity index (χ1n) is 6.38. The van der Waals surface area contributed by atoms with Gasteiger partial charge in [0.25, 0.3) is 0 Å². The lowest BCUT2D eigenvalue weighted by molar-refractivity contribution is 0.354. The van der Waals surface area contributed by atoms with E-state index in [4.69, 9.17) is 0 Å². The summed E-state index contributed by atoms with van der Waals surface area (Å²) < 4.78 is 27.0. The van der Waals surface area contributed by atoms with Crippen LogP contribution in [0.5, 0.6) is 0 Å². The molecule has 0 aliphatic heterocycles. The molecule has 102 valence electrons. The third kappa shape index (κ3) is 4.35. The zero-order valence-electron chi connectivity index (χ0n) is 11.3. The maximum absolute atomic E-state index is 13.8. The van der Waals surface area contributed by atoms with Gasteiger partial charge in [-0.15, -0.1) is 0 Å². The molecule has 0 radical (unpaired) electrons. The molecule has 1 atom stereocenters. The van der Waals surface area contributed by atoms with Gasteiger partial charge in [-0.05, 0) is 46.1 Å². The van der Waals surface area contributed by atoms with Gasteiger partial charge in [-0.2, -0.15) is 0 Å². The quantitative estimate of drug-likeness (QED) is 0.807. The SMILES string of the molecule is CCCNC(CCN(C)C)c1cccc(F)c1F. The van der Waals surface area contributed by atoms with Crippen molar-refractivity contribution in [2.24, 2.45) is 0 Å². The van der Waals surface area contributed by atoms with Crippen LogP contribution in [-0.2, 0) is 0 Å². The predicted molar refractivity (Wildman–Crippen MR) is 70.6 cm³/mol. The Morgan fingerprint density at radius 1 is 1.28 bits per heavy atom. The van der Waals surface area contributed by atoms with Gasteiger partial charge in [0.15, 0.2) is 11.6 Å². The second-order valence-corrected chi connectivity index (χ2v) is 4.74. The van der Waals surface area contributed by atoms with Crippen molar-refractivity contribution in [3.05, 3.63) is 35.4 Å². The van der Waals surface area contributed by atoms with Crippen molar-refractivity contribution >= 4 is 0 Å². The minimum Gasteiger partial charge on any atom is -0.310 e. The lowest BCUT2D eigenvalue weighted by Crippen LogP contribution is -2.27. The molecule has 0 fully saturated rings. The normalized spacial score (nSPS) is 13.0. The molecule has 0 saturated carbocycles. The molecule has 0 aliphatic carbocycles. The largest absolute Gasteiger partial charge is 0.310 e. The van der Waals surface area contributed by atoms with Crippen molar-refractivity contribution in [1.29, 1.82) is 0 Å². The molecule has 1 N–H and O–H groups in total. The van der Waals surface area contributed by atoms with Crippen LogP contribution in [0, 0.1) is 11.6 Å². The molecule has 0 aliphatic rings. The number of hydrogen-bond acceptors (Lipinski definition) is 2. The second kappa shape index (κ2) is 7.44. The zero-order chi connectivity index (χ0) is 13.5. The minimum absolute atomic E-state index is 0.136. The maximum Gasteiger partial charge on any atom is 0.163 e. The number of hydrogen-bond donors (Lipinski definition) is 1. The molecular formula is C14H22F2N2. The zero-order valence-corrected chi connectivity index (χ0v) is 11.3. The molecule has 4 heteroatoms. The van der Waals surface area contributed by atoms with Crippen molar-refractivity contribution in [2.75, 3.05) is 27.2 Å². The van der Waals surface area contributed by atoms with E-state index in [0.717, 1.165) is 32.0 Å². The highest BCUT2D eigenvalue weighted by Gasteiger charge is 2.17. The third-order valence-electron chi connectivity index (χ3n) is 2.86. The van der Waals surface area contributed by atoms with E-state index in [1.54, 1.807) is 12.1 Å². The van der Waals surface area contributed by atoms with Crippen molar-refractivity contribution in [3.8, 4) is 0 Å². The molecule has 2 nitrogen and oxygen atoms in total. The lowest BCUT2D eigenvalue weighted by Gasteiger charge is -2.21. The number of nitrogens with one attached hydrogen (secondary N) is 1. The Kier molecular flexibility index (Phi) is 6.22. The van der Waals surface area contributed by atoms with Gasteiger partial charge < -0.3 is 10.2 Å². The number of halogens is 2. The molecule has 1 aromatic rings. The molecule has 0 aromatic heterocycles. The summed E-state index contributed by atoms with van der Waals surface area (Å²) in [5.74, 6) is -1.51. The molecule has 0 spiro atoms. The lowest BCUT2D eigenvalue weighted by atomic mass is 10.0. The van der Waals surface area contributed by atoms with Crippen LogP contribution in [0.4, 0.5) is 8.78 Å². The highest BCUT2D eigenvalue weighted by atomic mass is 19.2. The first kappa shape index (κ1) is 15.1. The molecule has 0 saturated heterocycles. The topological polar surface area (TPSA) is 15.3 Å². The fourth-order valence-corrected chi connectivity index (χ4v) is 1.86. The summed E-state index contributed by atoms with van der Waals surface area (Å²) in [5, 5.41) is 3.28. The Hall–Kier alpha value is -1.00. The van der Waals surface area contributed by atoms with Crippen molar-refractivity contribution in [3.63, 3.8) is 0 Å². The van der Waals surface area contributed by atoms with Gasteiger partial charge >= 0.3 is 0 Å². The molecule has 1 rings (SSSR count). The van der Waals surface area contributed by atoms with E-state index in [-0.39, 0.29) is 6.04 Å². The van der Waals surface area contributed by atoms with Crippen molar-refractivity contribution in [2.45, 2.75) is 25.8 Å². The summed E-state index contributed by atoms with van der Waals surface area (Å²) in [5.41, 5.74) is 0.422. The smallest absolute Gasteiger partial charge is 0.163 e. The summed E-state index contributed by atoms with van der Waals surface area (Å²) in [7, 11) is 3.94. The third-order valence-corrected chi connectivity index (χ3v) is 2.86. The van der Waals surface area contributed by atoms with Crippen molar-refractivity contribution < 1.29 is 8.78 Å². The van der Waals surface area contributed by atoms with Gasteiger partial charge in [-0.3, -0.25) is 0 Å². The molecule has 1 aromatic carbocycles. The molecule has 0 bridgehead atoms. The number of rotatable bonds is 7. The molecule has 0 amide bonds. The Morgan fingerprint density at radius 2 is 2.00 bits per heavy atom. The summed E-state index contributed by atoms with van der Waals surface area (Å²) >= 11 is 0. The van der Waals surface area contributed by atoms with Crippen LogP contribution in [0.1, 0.15) is 31.4 Å². The van der Waals surface area contributed by atoms with Gasteiger partial charge in [0.1, 0.15) is 0 Å². The predicted octanol–water partition coefficient (Wildman–Crippen LogP) is 2.96. The van der Waals surface area contributed by atoms with E-state index in [1.807, 2.05) is 19.0 Å². The Labute approximate surface area is 108 Å². The highest BCUT2D eigenvalue weighted by Crippen LogP contribution is 2.22. The highest BCUT2D eigenvalue weighted by molar-refractivity contribution is 5.22. The van der Waals surface area contributed by atoms with Crippen LogP contribution in [0.2, 0.25) is 0 Å². The average molecular weight is 256 g/mol. The van der Waals surface area contributed by atoms with E-state index < -0.39 is 11.6 Å². The summed E-state index contributed by atoms with van der Waals surface area (Å²) in [4.78, 5) is 2.04. The van der Waals surface area contributed by atoms with Gasteiger partial charge in [-0.1, -0.05) is 19.1 Å². The van der Waals surface area contributed by atoms with Crippen LogP contribution in [-0.4, -0.2) is 32.1 Å². The Bertz CT molecular complexity index is 367. The van der Waals surface area contributed by atoms with Crippen LogP contribution in [0.3, 0.4) is 0 Å². The summed E-state index contributed by atoms with van der Waals surface area (Å²) in [6.45, 7) is 3.68. The van der Waals surface area contributed by atoms with Crippen molar-refractivity contribution in [1.82, 2.24) is 10.2 Å². The number of nitrogens with zero attached hydrogens (tertiary/aromatic N) is 1. The van der Waals surface area contributed by atoms with E-state index in [1.165, 1.54) is 0 Å². The summed E-state index contributed by atoms with van der Waals surface area (Å²) in [6.07, 6.45) is 1.72. The molecular weight excluding hydrogens is 234 g/mol. The standard InChI is InChI=1S/C14H22F2N2/c1-4-9-17-13(8-10-18(2)3)11-6-5-7-12(15)14(11)16/h5-7,13,17H,4,8-10H2,1-3H3. The minimum atomic E-state index is -0.777. The summed E-state index contributed by atoms with van der Waals surface area (Å²) in [6, 6.07) is 4.23. The van der Waals surface area contributed by atoms with E-state index in [0.29, 0.717) is 5.56 Å². The Morgan fingerprint density at radius 3 is 2.61 bits per heavy atom.